The molecule has 0 bridgehead atoms. The molecule has 2 heteroatoms. The lowest BCUT2D eigenvalue weighted by Crippen LogP contribution is -1.95. The largest absolute Gasteiger partial charge is 0.309 e. The van der Waals surface area contributed by atoms with Crippen molar-refractivity contribution >= 4 is 65.2 Å². The van der Waals surface area contributed by atoms with Gasteiger partial charge in [0.2, 0.25) is 0 Å². The Labute approximate surface area is 300 Å². The lowest BCUT2D eigenvalue weighted by atomic mass is 9.91. The fourth-order valence-electron chi connectivity index (χ4n) is 9.15. The molecule has 0 spiro atoms. The van der Waals surface area contributed by atoms with Crippen LogP contribution < -0.4 is 0 Å². The Morgan fingerprint density at radius 3 is 1.35 bits per heavy atom. The third-order valence-corrected chi connectivity index (χ3v) is 11.4. The molecule has 0 fully saturated rings. The highest BCUT2D eigenvalue weighted by molar-refractivity contribution is 6.31. The Hall–Kier alpha value is -6.90. The Kier molecular flexibility index (Phi) is 5.53. The van der Waals surface area contributed by atoms with Crippen LogP contribution in [0.2, 0.25) is 0 Å². The van der Waals surface area contributed by atoms with E-state index in [9.17, 15) is 0 Å². The van der Waals surface area contributed by atoms with E-state index < -0.39 is 0 Å². The summed E-state index contributed by atoms with van der Waals surface area (Å²) < 4.78 is 4.84. The number of rotatable bonds is 3. The van der Waals surface area contributed by atoms with Crippen LogP contribution in [0.3, 0.4) is 0 Å². The predicted molar refractivity (Wildman–Crippen MR) is 220 cm³/mol. The molecule has 0 unspecified atom stereocenters. The lowest BCUT2D eigenvalue weighted by molar-refractivity contribution is 1.18. The van der Waals surface area contributed by atoms with E-state index in [1.165, 1.54) is 110 Å². The summed E-state index contributed by atoms with van der Waals surface area (Å²) in [6.07, 6.45) is 0. The number of para-hydroxylation sites is 2. The molecule has 0 atom stereocenters. The average molecular weight is 659 g/mol. The van der Waals surface area contributed by atoms with Gasteiger partial charge in [-0.2, -0.15) is 0 Å². The third-order valence-electron chi connectivity index (χ3n) is 11.4. The minimum Gasteiger partial charge on any atom is -0.309 e. The lowest BCUT2D eigenvalue weighted by Gasteiger charge is -2.15. The highest BCUT2D eigenvalue weighted by Crippen LogP contribution is 2.50. The van der Waals surface area contributed by atoms with Crippen LogP contribution in [-0.4, -0.2) is 9.13 Å². The van der Waals surface area contributed by atoms with Crippen molar-refractivity contribution in [2.24, 2.45) is 0 Å². The van der Waals surface area contributed by atoms with Crippen LogP contribution in [0.1, 0.15) is 0 Å². The van der Waals surface area contributed by atoms with Gasteiger partial charge in [-0.3, -0.25) is 0 Å². The smallest absolute Gasteiger partial charge is 0.0547 e. The second-order valence-corrected chi connectivity index (χ2v) is 14.1. The summed E-state index contributed by atoms with van der Waals surface area (Å²) >= 11 is 0. The molecule has 0 radical (unpaired) electrons. The zero-order chi connectivity index (χ0) is 33.9. The number of nitrogens with zero attached hydrogens (tertiary/aromatic N) is 2. The molecule has 0 saturated heterocycles. The van der Waals surface area contributed by atoms with Gasteiger partial charge in [-0.1, -0.05) is 121 Å². The second kappa shape index (κ2) is 10.3. The summed E-state index contributed by atoms with van der Waals surface area (Å²) in [4.78, 5) is 0. The second-order valence-electron chi connectivity index (χ2n) is 14.1. The third kappa shape index (κ3) is 3.73. The van der Waals surface area contributed by atoms with Crippen LogP contribution in [0, 0.1) is 0 Å². The normalized spacial score (nSPS) is 12.2. The highest BCUT2D eigenvalue weighted by atomic mass is 15.0. The van der Waals surface area contributed by atoms with Gasteiger partial charge in [0, 0.05) is 32.9 Å². The Morgan fingerprint density at radius 2 is 0.731 bits per heavy atom. The molecule has 2 nitrogen and oxygen atoms in total. The zero-order valence-corrected chi connectivity index (χ0v) is 28.2. The molecule has 12 rings (SSSR count). The first-order chi connectivity index (χ1) is 25.8. The first kappa shape index (κ1) is 27.9. The summed E-state index contributed by atoms with van der Waals surface area (Å²) in [6.45, 7) is 0. The van der Waals surface area contributed by atoms with Crippen molar-refractivity contribution in [3.05, 3.63) is 182 Å². The van der Waals surface area contributed by atoms with Gasteiger partial charge in [0.15, 0.2) is 0 Å². The maximum atomic E-state index is 2.46. The molecule has 240 valence electrons. The van der Waals surface area contributed by atoms with Crippen molar-refractivity contribution in [2.75, 3.05) is 0 Å². The Morgan fingerprint density at radius 1 is 0.269 bits per heavy atom. The number of aromatic nitrogens is 2. The van der Waals surface area contributed by atoms with Crippen molar-refractivity contribution < 1.29 is 0 Å². The number of hydrogen-bond donors (Lipinski definition) is 0. The van der Waals surface area contributed by atoms with E-state index in [1.807, 2.05) is 0 Å². The summed E-state index contributed by atoms with van der Waals surface area (Å²) in [5.41, 5.74) is 14.9. The molecule has 0 saturated carbocycles. The molecule has 2 heterocycles. The van der Waals surface area contributed by atoms with Crippen molar-refractivity contribution in [2.45, 2.75) is 0 Å². The van der Waals surface area contributed by atoms with Crippen molar-refractivity contribution in [3.63, 3.8) is 0 Å². The molecule has 1 aliphatic carbocycles. The minimum absolute atomic E-state index is 1.17. The van der Waals surface area contributed by atoms with Crippen LogP contribution >= 0.6 is 0 Å². The van der Waals surface area contributed by atoms with Crippen molar-refractivity contribution in [1.82, 2.24) is 9.13 Å². The zero-order valence-electron chi connectivity index (χ0n) is 28.2. The van der Waals surface area contributed by atoms with Gasteiger partial charge in [0.1, 0.15) is 0 Å². The van der Waals surface area contributed by atoms with E-state index in [4.69, 9.17) is 0 Å². The average Bonchev–Trinajstić information content (AvgIpc) is 3.70. The van der Waals surface area contributed by atoms with Gasteiger partial charge in [-0.05, 0) is 116 Å². The van der Waals surface area contributed by atoms with E-state index >= 15 is 0 Å². The summed E-state index contributed by atoms with van der Waals surface area (Å²) in [6, 6.07) is 67.2. The van der Waals surface area contributed by atoms with Gasteiger partial charge < -0.3 is 9.13 Å². The maximum Gasteiger partial charge on any atom is 0.0547 e. The maximum absolute atomic E-state index is 2.46. The molecule has 0 aliphatic heterocycles. The fraction of sp³-hybridized carbons (Fsp3) is 0. The molecule has 11 aromatic rings. The standard InChI is InChI=1S/C50H30N2/c1-2-10-35-30-43-41-15-8-18-46-49(41)50-47(28-23-33-11-7-14-40(48(33)50)42(43)29-34(35)9-1)52(46)37-26-21-32(22-27-37)31-19-24-36(25-20-31)51-44-16-5-3-12-38(44)39-13-4-6-17-45(39)51/h1-30H. The summed E-state index contributed by atoms with van der Waals surface area (Å²) in [5.74, 6) is 0. The van der Waals surface area contributed by atoms with E-state index in [1.54, 1.807) is 0 Å². The van der Waals surface area contributed by atoms with Crippen molar-refractivity contribution in [1.29, 1.82) is 0 Å². The Bertz CT molecular complexity index is 3210. The molecular formula is C50H30N2. The van der Waals surface area contributed by atoms with Gasteiger partial charge in [0.05, 0.1) is 22.1 Å². The summed E-state index contributed by atoms with van der Waals surface area (Å²) in [7, 11) is 0. The van der Waals surface area contributed by atoms with E-state index in [-0.39, 0.29) is 0 Å². The molecule has 0 N–H and O–H groups in total. The van der Waals surface area contributed by atoms with Crippen LogP contribution in [0.4, 0.5) is 0 Å². The SMILES string of the molecule is c1ccc2cc3c(cc2c1)-c1cccc2ccc4c(c12)c1c-3cccc1n4-c1ccc(-c2ccc(-n3c4ccccc4c4ccccc43)cc2)cc1. The number of fused-ring (bicyclic) bond motifs is 7. The van der Waals surface area contributed by atoms with Gasteiger partial charge in [-0.15, -0.1) is 0 Å². The number of hydrogen-bond acceptors (Lipinski definition) is 0. The molecule has 9 aromatic carbocycles. The molecule has 52 heavy (non-hydrogen) atoms. The van der Waals surface area contributed by atoms with E-state index in [2.05, 4.69) is 191 Å². The van der Waals surface area contributed by atoms with Crippen LogP contribution in [0.15, 0.2) is 182 Å². The first-order valence-electron chi connectivity index (χ1n) is 18.0. The molecule has 2 aromatic heterocycles. The highest BCUT2D eigenvalue weighted by Gasteiger charge is 2.25. The van der Waals surface area contributed by atoms with Gasteiger partial charge >= 0.3 is 0 Å². The van der Waals surface area contributed by atoms with Crippen molar-refractivity contribution in [3.8, 4) is 44.8 Å². The monoisotopic (exact) mass is 658 g/mol. The first-order valence-corrected chi connectivity index (χ1v) is 18.0. The van der Waals surface area contributed by atoms with Crippen LogP contribution in [-0.2, 0) is 0 Å². The van der Waals surface area contributed by atoms with E-state index in [0.29, 0.717) is 0 Å². The fourth-order valence-corrected chi connectivity index (χ4v) is 9.15. The Balaban J connectivity index is 1.01. The summed E-state index contributed by atoms with van der Waals surface area (Å²) in [5, 5.41) is 10.4. The quantitative estimate of drug-likeness (QED) is 0.179. The topological polar surface area (TPSA) is 9.86 Å². The molecular weight excluding hydrogens is 629 g/mol. The van der Waals surface area contributed by atoms with Gasteiger partial charge in [-0.25, -0.2) is 0 Å². The predicted octanol–water partition coefficient (Wildman–Crippen LogP) is 13.5. The van der Waals surface area contributed by atoms with Crippen LogP contribution in [0.5, 0.6) is 0 Å². The van der Waals surface area contributed by atoms with Crippen LogP contribution in [0.25, 0.3) is 110 Å². The van der Waals surface area contributed by atoms with E-state index in [0.717, 1.165) is 0 Å². The molecule has 0 amide bonds. The minimum atomic E-state index is 1.17. The number of benzene rings is 9. The molecule has 1 aliphatic rings. The van der Waals surface area contributed by atoms with Gasteiger partial charge in [0.25, 0.3) is 0 Å².